The minimum Gasteiger partial charge on any atom is -0.493 e. The smallest absolute Gasteiger partial charge is 0.262 e. The van der Waals surface area contributed by atoms with Crippen LogP contribution in [0.1, 0.15) is 65.4 Å². The second kappa shape index (κ2) is 11.3. The van der Waals surface area contributed by atoms with Gasteiger partial charge in [-0.3, -0.25) is 14.5 Å². The number of nitrogens with one attached hydrogen (secondary N) is 1. The highest BCUT2D eigenvalue weighted by Crippen LogP contribution is 2.40. The van der Waals surface area contributed by atoms with Crippen LogP contribution in [0.3, 0.4) is 0 Å². The summed E-state index contributed by atoms with van der Waals surface area (Å²) in [5.41, 5.74) is 2.58. The Morgan fingerprint density at radius 1 is 0.972 bits per heavy atom. The van der Waals surface area contributed by atoms with E-state index in [1.807, 2.05) is 37.3 Å². The molecule has 1 atom stereocenters. The second-order valence-corrected chi connectivity index (χ2v) is 9.23. The van der Waals surface area contributed by atoms with Crippen molar-refractivity contribution in [3.05, 3.63) is 77.2 Å². The summed E-state index contributed by atoms with van der Waals surface area (Å²) in [7, 11) is 3.09. The van der Waals surface area contributed by atoms with Crippen LogP contribution in [0.2, 0.25) is 0 Å². The SMILES string of the molecule is COc1cccc([C@H](C(=O)NC2CCCCC2)N(C(=O)c2ccoc2C)c2ccc(C)cc2)c1OC. The Kier molecular flexibility index (Phi) is 7.98. The highest BCUT2D eigenvalue weighted by molar-refractivity contribution is 6.10. The molecular weight excluding hydrogens is 456 g/mol. The molecule has 4 rings (SSSR count). The van der Waals surface area contributed by atoms with Crippen LogP contribution in [0.25, 0.3) is 0 Å². The maximum absolute atomic E-state index is 14.1. The van der Waals surface area contributed by atoms with Crippen molar-refractivity contribution in [3.8, 4) is 11.5 Å². The molecule has 7 nitrogen and oxygen atoms in total. The van der Waals surface area contributed by atoms with E-state index in [1.54, 1.807) is 32.2 Å². The first-order chi connectivity index (χ1) is 17.4. The number of hydrogen-bond donors (Lipinski definition) is 1. The lowest BCUT2D eigenvalue weighted by molar-refractivity contribution is -0.123. The molecule has 0 bridgehead atoms. The van der Waals surface area contributed by atoms with Gasteiger partial charge in [0.05, 0.1) is 26.0 Å². The van der Waals surface area contributed by atoms with Crippen molar-refractivity contribution < 1.29 is 23.5 Å². The third kappa shape index (κ3) is 5.25. The van der Waals surface area contributed by atoms with Crippen molar-refractivity contribution in [2.45, 2.75) is 58.0 Å². The average Bonchev–Trinajstić information content (AvgIpc) is 3.33. The molecular formula is C29H34N2O5. The molecule has 2 aromatic carbocycles. The fourth-order valence-corrected chi connectivity index (χ4v) is 4.88. The number of anilines is 1. The number of aryl methyl sites for hydroxylation is 2. The third-order valence-corrected chi connectivity index (χ3v) is 6.81. The van der Waals surface area contributed by atoms with E-state index in [-0.39, 0.29) is 17.9 Å². The van der Waals surface area contributed by atoms with E-state index in [9.17, 15) is 9.59 Å². The van der Waals surface area contributed by atoms with E-state index in [4.69, 9.17) is 13.9 Å². The van der Waals surface area contributed by atoms with Crippen LogP contribution in [0.5, 0.6) is 11.5 Å². The molecule has 0 saturated heterocycles. The Balaban J connectivity index is 1.89. The number of amides is 2. The number of rotatable bonds is 8. The lowest BCUT2D eigenvalue weighted by atomic mass is 9.94. The zero-order valence-electron chi connectivity index (χ0n) is 21.4. The summed E-state index contributed by atoms with van der Waals surface area (Å²) in [6.45, 7) is 3.72. The Bertz CT molecular complexity index is 1190. The maximum atomic E-state index is 14.1. The molecule has 3 aromatic rings. The molecule has 0 spiro atoms. The highest BCUT2D eigenvalue weighted by atomic mass is 16.5. The minimum atomic E-state index is -0.999. The van der Waals surface area contributed by atoms with E-state index in [0.29, 0.717) is 34.1 Å². The van der Waals surface area contributed by atoms with E-state index >= 15 is 0 Å². The van der Waals surface area contributed by atoms with Gasteiger partial charge < -0.3 is 19.2 Å². The summed E-state index contributed by atoms with van der Waals surface area (Å²) in [4.78, 5) is 29.7. The fraction of sp³-hybridized carbons (Fsp3) is 0.379. The lowest BCUT2D eigenvalue weighted by Gasteiger charge is -2.34. The van der Waals surface area contributed by atoms with Gasteiger partial charge in [0.1, 0.15) is 11.8 Å². The van der Waals surface area contributed by atoms with Gasteiger partial charge in [-0.25, -0.2) is 0 Å². The van der Waals surface area contributed by atoms with Crippen LogP contribution >= 0.6 is 0 Å². The van der Waals surface area contributed by atoms with Crippen molar-refractivity contribution in [2.75, 3.05) is 19.1 Å². The number of para-hydroxylation sites is 1. The average molecular weight is 491 g/mol. The number of carbonyl (C=O) groups is 2. The molecule has 0 radical (unpaired) electrons. The lowest BCUT2D eigenvalue weighted by Crippen LogP contribution is -2.47. The number of benzene rings is 2. The zero-order valence-corrected chi connectivity index (χ0v) is 21.4. The summed E-state index contributed by atoms with van der Waals surface area (Å²) in [5, 5.41) is 3.23. The number of carbonyl (C=O) groups excluding carboxylic acids is 2. The summed E-state index contributed by atoms with van der Waals surface area (Å²) >= 11 is 0. The molecule has 1 fully saturated rings. The first-order valence-electron chi connectivity index (χ1n) is 12.4. The molecule has 1 N–H and O–H groups in total. The molecule has 1 heterocycles. The molecule has 1 aliphatic rings. The molecule has 1 saturated carbocycles. The van der Waals surface area contributed by atoms with Crippen molar-refractivity contribution >= 4 is 17.5 Å². The molecule has 7 heteroatoms. The van der Waals surface area contributed by atoms with Crippen LogP contribution in [0.15, 0.2) is 59.2 Å². The van der Waals surface area contributed by atoms with Gasteiger partial charge >= 0.3 is 0 Å². The maximum Gasteiger partial charge on any atom is 0.262 e. The summed E-state index contributed by atoms with van der Waals surface area (Å²) in [6, 6.07) is 13.7. The van der Waals surface area contributed by atoms with Gasteiger partial charge in [0.25, 0.3) is 5.91 Å². The quantitative estimate of drug-likeness (QED) is 0.435. The van der Waals surface area contributed by atoms with Gasteiger partial charge in [-0.2, -0.15) is 0 Å². The van der Waals surface area contributed by atoms with Gasteiger partial charge in [0, 0.05) is 17.3 Å². The first kappa shape index (κ1) is 25.4. The van der Waals surface area contributed by atoms with E-state index < -0.39 is 6.04 Å². The summed E-state index contributed by atoms with van der Waals surface area (Å²) in [6.07, 6.45) is 6.66. The van der Waals surface area contributed by atoms with Gasteiger partial charge in [-0.15, -0.1) is 0 Å². The van der Waals surface area contributed by atoms with E-state index in [0.717, 1.165) is 31.2 Å². The van der Waals surface area contributed by atoms with Crippen LogP contribution in [0, 0.1) is 13.8 Å². The largest absolute Gasteiger partial charge is 0.493 e. The highest BCUT2D eigenvalue weighted by Gasteiger charge is 2.38. The Morgan fingerprint density at radius 2 is 1.69 bits per heavy atom. The number of furan rings is 1. The van der Waals surface area contributed by atoms with E-state index in [2.05, 4.69) is 5.32 Å². The Morgan fingerprint density at radius 3 is 2.31 bits per heavy atom. The molecule has 1 aliphatic carbocycles. The normalized spacial score (nSPS) is 14.7. The third-order valence-electron chi connectivity index (χ3n) is 6.81. The number of ether oxygens (including phenoxy) is 2. The molecule has 1 aromatic heterocycles. The van der Waals surface area contributed by atoms with E-state index in [1.165, 1.54) is 24.7 Å². The minimum absolute atomic E-state index is 0.0657. The van der Waals surface area contributed by atoms with Crippen molar-refractivity contribution in [3.63, 3.8) is 0 Å². The Labute approximate surface area is 212 Å². The van der Waals surface area contributed by atoms with Gasteiger partial charge in [0.2, 0.25) is 5.91 Å². The zero-order chi connectivity index (χ0) is 25.7. The predicted octanol–water partition coefficient (Wildman–Crippen LogP) is 5.75. The monoisotopic (exact) mass is 490 g/mol. The summed E-state index contributed by atoms with van der Waals surface area (Å²) in [5.74, 6) is 0.794. The van der Waals surface area contributed by atoms with Crippen molar-refractivity contribution in [1.82, 2.24) is 5.32 Å². The van der Waals surface area contributed by atoms with Gasteiger partial charge in [0.15, 0.2) is 11.5 Å². The summed E-state index contributed by atoms with van der Waals surface area (Å²) < 4.78 is 16.7. The molecule has 0 unspecified atom stereocenters. The van der Waals surface area contributed by atoms with Crippen LogP contribution in [0.4, 0.5) is 5.69 Å². The van der Waals surface area contributed by atoms with Crippen LogP contribution in [-0.2, 0) is 4.79 Å². The molecule has 2 amide bonds. The van der Waals surface area contributed by atoms with Gasteiger partial charge in [-0.1, -0.05) is 49.1 Å². The second-order valence-electron chi connectivity index (χ2n) is 9.23. The first-order valence-corrected chi connectivity index (χ1v) is 12.4. The van der Waals surface area contributed by atoms with Crippen molar-refractivity contribution in [1.29, 1.82) is 0 Å². The van der Waals surface area contributed by atoms with Crippen molar-refractivity contribution in [2.24, 2.45) is 0 Å². The molecule has 36 heavy (non-hydrogen) atoms. The topological polar surface area (TPSA) is 81.0 Å². The molecule has 0 aliphatic heterocycles. The number of methoxy groups -OCH3 is 2. The Hall–Kier alpha value is -3.74. The standard InChI is InChI=1S/C29H34N2O5/c1-19-13-15-22(16-14-19)31(29(33)23-17-18-36-20(23)2)26(28(32)30-21-9-6-5-7-10-21)24-11-8-12-25(34-3)27(24)35-4/h8,11-18,21,26H,5-7,9-10H2,1-4H3,(H,30,32)/t26-/m1/s1. The number of hydrogen-bond acceptors (Lipinski definition) is 5. The fourth-order valence-electron chi connectivity index (χ4n) is 4.88. The van der Waals surface area contributed by atoms with Crippen LogP contribution in [-0.4, -0.2) is 32.1 Å². The predicted molar refractivity (Wildman–Crippen MR) is 139 cm³/mol. The number of nitrogens with zero attached hydrogens (tertiary/aromatic N) is 1. The van der Waals surface area contributed by atoms with Gasteiger partial charge in [-0.05, 0) is 51.0 Å². The van der Waals surface area contributed by atoms with Crippen LogP contribution < -0.4 is 19.7 Å². The molecule has 190 valence electrons.